The average molecular weight is 266 g/mol. The molecule has 0 bridgehead atoms. The number of H-pyrrole nitrogens is 1. The van der Waals surface area contributed by atoms with E-state index in [0.717, 1.165) is 16.8 Å². The predicted octanol–water partition coefficient (Wildman–Crippen LogP) is 1.03. The van der Waals surface area contributed by atoms with E-state index in [2.05, 4.69) is 25.4 Å². The standard InChI is InChI=1S/C13H10N6O/c14-13(20)12-11(17-19-18-12)9-3-1-8(2-4-9)10-5-6-15-7-16-10/h1-7H,(H2,14,20)(H,17,18,19). The topological polar surface area (TPSA) is 110 Å². The van der Waals surface area contributed by atoms with Crippen LogP contribution in [-0.4, -0.2) is 31.3 Å². The quantitative estimate of drug-likeness (QED) is 0.735. The third-order valence-electron chi connectivity index (χ3n) is 2.82. The number of nitrogens with zero attached hydrogens (tertiary/aromatic N) is 4. The fourth-order valence-corrected chi connectivity index (χ4v) is 1.86. The van der Waals surface area contributed by atoms with Crippen molar-refractivity contribution in [2.75, 3.05) is 0 Å². The lowest BCUT2D eigenvalue weighted by Crippen LogP contribution is -2.12. The van der Waals surface area contributed by atoms with Gasteiger partial charge in [-0.1, -0.05) is 24.3 Å². The van der Waals surface area contributed by atoms with Crippen LogP contribution in [0.5, 0.6) is 0 Å². The summed E-state index contributed by atoms with van der Waals surface area (Å²) in [5, 5.41) is 10.1. The molecule has 0 aliphatic rings. The molecular weight excluding hydrogens is 256 g/mol. The van der Waals surface area contributed by atoms with Crippen LogP contribution < -0.4 is 5.73 Å². The van der Waals surface area contributed by atoms with E-state index >= 15 is 0 Å². The SMILES string of the molecule is NC(=O)c1n[nH]nc1-c1ccc(-c2ccncn2)cc1. The number of hydrogen-bond donors (Lipinski definition) is 2. The Morgan fingerprint density at radius 1 is 1.05 bits per heavy atom. The molecule has 0 fully saturated rings. The zero-order valence-electron chi connectivity index (χ0n) is 10.3. The second-order valence-corrected chi connectivity index (χ2v) is 4.06. The van der Waals surface area contributed by atoms with Crippen LogP contribution in [0.4, 0.5) is 0 Å². The van der Waals surface area contributed by atoms with Crippen molar-refractivity contribution in [2.45, 2.75) is 0 Å². The Balaban J connectivity index is 1.98. The summed E-state index contributed by atoms with van der Waals surface area (Å²) >= 11 is 0. The van der Waals surface area contributed by atoms with Gasteiger partial charge in [0.1, 0.15) is 12.0 Å². The molecule has 3 aromatic rings. The number of benzene rings is 1. The average Bonchev–Trinajstić information content (AvgIpc) is 2.98. The summed E-state index contributed by atoms with van der Waals surface area (Å²) < 4.78 is 0. The van der Waals surface area contributed by atoms with Crippen molar-refractivity contribution in [3.05, 3.63) is 48.5 Å². The lowest BCUT2D eigenvalue weighted by molar-refractivity contribution is 0.0996. The van der Waals surface area contributed by atoms with Gasteiger partial charge in [-0.15, -0.1) is 0 Å². The van der Waals surface area contributed by atoms with Crippen LogP contribution in [0.1, 0.15) is 10.5 Å². The molecular formula is C13H10N6O. The first kappa shape index (κ1) is 12.0. The second kappa shape index (κ2) is 4.88. The maximum atomic E-state index is 11.2. The molecule has 20 heavy (non-hydrogen) atoms. The molecule has 0 saturated heterocycles. The minimum absolute atomic E-state index is 0.125. The van der Waals surface area contributed by atoms with E-state index in [1.54, 1.807) is 6.20 Å². The molecule has 0 saturated carbocycles. The van der Waals surface area contributed by atoms with Crippen LogP contribution in [0.25, 0.3) is 22.5 Å². The molecule has 0 aliphatic carbocycles. The lowest BCUT2D eigenvalue weighted by Gasteiger charge is -2.02. The second-order valence-electron chi connectivity index (χ2n) is 4.06. The zero-order valence-corrected chi connectivity index (χ0v) is 10.3. The molecule has 3 N–H and O–H groups in total. The van der Waals surface area contributed by atoms with Gasteiger partial charge in [-0.3, -0.25) is 4.79 Å². The Morgan fingerprint density at radius 3 is 2.45 bits per heavy atom. The van der Waals surface area contributed by atoms with Crippen molar-refractivity contribution >= 4 is 5.91 Å². The molecule has 98 valence electrons. The monoisotopic (exact) mass is 266 g/mol. The van der Waals surface area contributed by atoms with Crippen molar-refractivity contribution < 1.29 is 4.79 Å². The Morgan fingerprint density at radius 2 is 1.80 bits per heavy atom. The third kappa shape index (κ3) is 2.12. The number of amides is 1. The molecule has 2 heterocycles. The van der Waals surface area contributed by atoms with Crippen LogP contribution in [0.3, 0.4) is 0 Å². The smallest absolute Gasteiger partial charge is 0.271 e. The normalized spacial score (nSPS) is 10.4. The predicted molar refractivity (Wildman–Crippen MR) is 71.4 cm³/mol. The minimum Gasteiger partial charge on any atom is -0.364 e. The van der Waals surface area contributed by atoms with E-state index in [-0.39, 0.29) is 5.69 Å². The highest BCUT2D eigenvalue weighted by Crippen LogP contribution is 2.23. The Hall–Kier alpha value is -3.09. The van der Waals surface area contributed by atoms with Crippen molar-refractivity contribution in [3.63, 3.8) is 0 Å². The van der Waals surface area contributed by atoms with Crippen molar-refractivity contribution in [2.24, 2.45) is 5.73 Å². The maximum Gasteiger partial charge on any atom is 0.271 e. The van der Waals surface area contributed by atoms with Gasteiger partial charge in [-0.25, -0.2) is 9.97 Å². The van der Waals surface area contributed by atoms with Gasteiger partial charge >= 0.3 is 0 Å². The number of aromatic amines is 1. The van der Waals surface area contributed by atoms with Gasteiger partial charge in [0, 0.05) is 17.3 Å². The molecule has 7 heteroatoms. The maximum absolute atomic E-state index is 11.2. The molecule has 0 spiro atoms. The van der Waals surface area contributed by atoms with Gasteiger partial charge in [0.25, 0.3) is 5.91 Å². The van der Waals surface area contributed by atoms with Crippen LogP contribution in [0, 0.1) is 0 Å². The fourth-order valence-electron chi connectivity index (χ4n) is 1.86. The number of primary amides is 1. The Bertz CT molecular complexity index is 735. The summed E-state index contributed by atoms with van der Waals surface area (Å²) in [7, 11) is 0. The molecule has 1 aromatic carbocycles. The molecule has 0 unspecified atom stereocenters. The van der Waals surface area contributed by atoms with Crippen molar-refractivity contribution in [1.29, 1.82) is 0 Å². The third-order valence-corrected chi connectivity index (χ3v) is 2.82. The first-order valence-corrected chi connectivity index (χ1v) is 5.83. The number of carbonyl (C=O) groups is 1. The van der Waals surface area contributed by atoms with E-state index in [0.29, 0.717) is 5.69 Å². The van der Waals surface area contributed by atoms with Crippen molar-refractivity contribution in [3.8, 4) is 22.5 Å². The highest BCUT2D eigenvalue weighted by Gasteiger charge is 2.14. The molecule has 3 rings (SSSR count). The summed E-state index contributed by atoms with van der Waals surface area (Å²) in [6.07, 6.45) is 3.17. The number of rotatable bonds is 3. The van der Waals surface area contributed by atoms with Crippen LogP contribution >= 0.6 is 0 Å². The molecule has 0 atom stereocenters. The van der Waals surface area contributed by atoms with E-state index in [9.17, 15) is 4.79 Å². The summed E-state index contributed by atoms with van der Waals surface area (Å²) in [4.78, 5) is 19.3. The highest BCUT2D eigenvalue weighted by molar-refractivity contribution is 5.96. The molecule has 7 nitrogen and oxygen atoms in total. The summed E-state index contributed by atoms with van der Waals surface area (Å²) in [5.74, 6) is -0.617. The van der Waals surface area contributed by atoms with Gasteiger partial charge in [-0.05, 0) is 6.07 Å². The summed E-state index contributed by atoms with van der Waals surface area (Å²) in [6, 6.07) is 9.26. The van der Waals surface area contributed by atoms with E-state index in [4.69, 9.17) is 5.73 Å². The number of carbonyl (C=O) groups excluding carboxylic acids is 1. The van der Waals surface area contributed by atoms with Crippen LogP contribution in [-0.2, 0) is 0 Å². The summed E-state index contributed by atoms with van der Waals surface area (Å²) in [5.41, 5.74) is 8.32. The summed E-state index contributed by atoms with van der Waals surface area (Å²) in [6.45, 7) is 0. The van der Waals surface area contributed by atoms with E-state index < -0.39 is 5.91 Å². The number of hydrogen-bond acceptors (Lipinski definition) is 5. The minimum atomic E-state index is -0.617. The first-order valence-electron chi connectivity index (χ1n) is 5.83. The Kier molecular flexibility index (Phi) is 2.92. The fraction of sp³-hybridized carbons (Fsp3) is 0. The molecule has 0 radical (unpaired) electrons. The lowest BCUT2D eigenvalue weighted by atomic mass is 10.1. The number of nitrogens with one attached hydrogen (secondary N) is 1. The molecule has 1 amide bonds. The van der Waals surface area contributed by atoms with Gasteiger partial charge in [0.2, 0.25) is 0 Å². The van der Waals surface area contributed by atoms with Crippen LogP contribution in [0.2, 0.25) is 0 Å². The van der Waals surface area contributed by atoms with Crippen LogP contribution in [0.15, 0.2) is 42.9 Å². The number of nitrogens with two attached hydrogens (primary N) is 1. The Labute approximate surface area is 113 Å². The molecule has 0 aliphatic heterocycles. The highest BCUT2D eigenvalue weighted by atomic mass is 16.1. The van der Waals surface area contributed by atoms with Crippen molar-refractivity contribution in [1.82, 2.24) is 25.4 Å². The van der Waals surface area contributed by atoms with E-state index in [1.807, 2.05) is 30.3 Å². The zero-order chi connectivity index (χ0) is 13.9. The number of aromatic nitrogens is 5. The van der Waals surface area contributed by atoms with Gasteiger partial charge in [-0.2, -0.15) is 15.4 Å². The van der Waals surface area contributed by atoms with Gasteiger partial charge in [0.15, 0.2) is 5.69 Å². The van der Waals surface area contributed by atoms with Gasteiger partial charge < -0.3 is 5.73 Å². The van der Waals surface area contributed by atoms with E-state index in [1.165, 1.54) is 6.33 Å². The molecule has 2 aromatic heterocycles. The first-order chi connectivity index (χ1) is 9.75. The largest absolute Gasteiger partial charge is 0.364 e. The van der Waals surface area contributed by atoms with Gasteiger partial charge in [0.05, 0.1) is 5.69 Å².